The molecule has 0 saturated carbocycles. The minimum Gasteiger partial charge on any atom is -0.246 e. The zero-order chi connectivity index (χ0) is 10.1. The molecule has 1 aliphatic rings. The van der Waals surface area contributed by atoms with E-state index in [1.165, 1.54) is 6.20 Å². The quantitative estimate of drug-likeness (QED) is 0.797. The van der Waals surface area contributed by atoms with Crippen molar-refractivity contribution in [3.05, 3.63) is 10.0 Å². The molecule has 1 rings (SSSR count). The molecule has 0 atom stereocenters. The lowest BCUT2D eigenvalue weighted by atomic mass is 10.6. The monoisotopic (exact) mass is 283 g/mol. The van der Waals surface area contributed by atoms with E-state index >= 15 is 0 Å². The molecule has 0 aliphatic carbocycles. The average molecular weight is 284 g/mol. The van der Waals surface area contributed by atoms with Gasteiger partial charge in [0.2, 0.25) is 9.84 Å². The van der Waals surface area contributed by atoms with Crippen molar-refractivity contribution in [1.82, 2.24) is 0 Å². The second-order valence-electron chi connectivity index (χ2n) is 2.82. The normalized spacial score (nSPS) is 20.3. The molecule has 0 aromatic carbocycles. The third-order valence-corrected chi connectivity index (χ3v) is 5.68. The molecule has 0 saturated heterocycles. The Kier molecular flexibility index (Phi) is 3.59. The molecule has 0 amide bonds. The maximum Gasteiger partial charge on any atom is 0.228 e. The number of aliphatic imine (C=N–C) groups is 1. The van der Waals surface area contributed by atoms with Gasteiger partial charge in [-0.25, -0.2) is 13.4 Å². The van der Waals surface area contributed by atoms with Gasteiger partial charge in [-0.1, -0.05) is 13.8 Å². The van der Waals surface area contributed by atoms with Crippen LogP contribution in [0.2, 0.25) is 0 Å². The molecule has 0 aromatic rings. The minimum absolute atomic E-state index is 0.166. The lowest BCUT2D eigenvalue weighted by Gasteiger charge is -2.04. The van der Waals surface area contributed by atoms with Gasteiger partial charge in [0, 0.05) is 5.75 Å². The third kappa shape index (κ3) is 2.57. The van der Waals surface area contributed by atoms with E-state index in [1.807, 2.05) is 13.8 Å². The molecule has 3 nitrogen and oxygen atoms in total. The van der Waals surface area contributed by atoms with E-state index in [0.717, 1.165) is 0 Å². The zero-order valence-electron chi connectivity index (χ0n) is 7.32. The number of hydrogen-bond donors (Lipinski definition) is 0. The van der Waals surface area contributed by atoms with Crippen LogP contribution < -0.4 is 0 Å². The molecule has 6 heteroatoms. The Bertz CT molecular complexity index is 357. The highest BCUT2D eigenvalue weighted by atomic mass is 79.9. The number of nitrogens with zero attached hydrogens (tertiary/aromatic N) is 1. The molecule has 0 spiro atoms. The van der Waals surface area contributed by atoms with Crippen LogP contribution in [0.3, 0.4) is 0 Å². The summed E-state index contributed by atoms with van der Waals surface area (Å²) in [6.45, 7) is 4.05. The van der Waals surface area contributed by atoms with E-state index in [0.29, 0.717) is 11.0 Å². The van der Waals surface area contributed by atoms with Gasteiger partial charge >= 0.3 is 0 Å². The molecule has 74 valence electrons. The summed E-state index contributed by atoms with van der Waals surface area (Å²) in [5.74, 6) is 0.450. The Morgan fingerprint density at radius 3 is 2.62 bits per heavy atom. The predicted octanol–water partition coefficient (Wildman–Crippen LogP) is 2.15. The lowest BCUT2D eigenvalue weighted by molar-refractivity contribution is 0.615. The van der Waals surface area contributed by atoms with Crippen LogP contribution in [0.5, 0.6) is 0 Å². The highest BCUT2D eigenvalue weighted by molar-refractivity contribution is 9.14. The van der Waals surface area contributed by atoms with Gasteiger partial charge in [0.05, 0.1) is 6.20 Å². The Labute approximate surface area is 90.7 Å². The second-order valence-corrected chi connectivity index (χ2v) is 7.68. The van der Waals surface area contributed by atoms with Crippen molar-refractivity contribution in [2.24, 2.45) is 4.99 Å². The molecule has 0 aromatic heterocycles. The maximum atomic E-state index is 11.4. The van der Waals surface area contributed by atoms with Crippen LogP contribution in [0.4, 0.5) is 0 Å². The predicted molar refractivity (Wildman–Crippen MR) is 61.0 cm³/mol. The molecule has 1 aliphatic heterocycles. The topological polar surface area (TPSA) is 46.5 Å². The lowest BCUT2D eigenvalue weighted by Crippen LogP contribution is -2.14. The molecule has 0 bridgehead atoms. The van der Waals surface area contributed by atoms with Crippen molar-refractivity contribution in [2.45, 2.75) is 19.1 Å². The summed E-state index contributed by atoms with van der Waals surface area (Å²) in [5.41, 5.74) is 0. The van der Waals surface area contributed by atoms with E-state index in [4.69, 9.17) is 0 Å². The summed E-state index contributed by atoms with van der Waals surface area (Å²) < 4.78 is 23.1. The van der Waals surface area contributed by atoms with Gasteiger partial charge in [0.25, 0.3) is 0 Å². The first kappa shape index (κ1) is 11.3. The van der Waals surface area contributed by atoms with E-state index in [9.17, 15) is 8.42 Å². The molecule has 0 unspecified atom stereocenters. The van der Waals surface area contributed by atoms with Crippen molar-refractivity contribution in [1.29, 1.82) is 0 Å². The number of halogens is 1. The van der Waals surface area contributed by atoms with E-state index in [-0.39, 0.29) is 8.86 Å². The first-order valence-corrected chi connectivity index (χ1v) is 7.06. The number of sulfone groups is 1. The van der Waals surface area contributed by atoms with Crippen LogP contribution in [0.1, 0.15) is 13.8 Å². The average Bonchev–Trinajstić information content (AvgIpc) is 2.25. The number of thioether (sulfide) groups is 1. The molecular formula is C7H10BrNO2S2. The highest BCUT2D eigenvalue weighted by Crippen LogP contribution is 2.25. The Balaban J connectivity index is 2.67. The minimum atomic E-state index is -3.25. The zero-order valence-corrected chi connectivity index (χ0v) is 10.5. The van der Waals surface area contributed by atoms with Crippen LogP contribution >= 0.6 is 27.7 Å². The second kappa shape index (κ2) is 4.14. The maximum absolute atomic E-state index is 11.4. The molecule has 0 radical (unpaired) electrons. The Morgan fingerprint density at radius 1 is 1.62 bits per heavy atom. The largest absolute Gasteiger partial charge is 0.246 e. The number of hydrogen-bond acceptors (Lipinski definition) is 4. The fraction of sp³-hybridized carbons (Fsp3) is 0.571. The molecule has 0 N–H and O–H groups in total. The van der Waals surface area contributed by atoms with Crippen LogP contribution in [0.15, 0.2) is 15.0 Å². The summed E-state index contributed by atoms with van der Waals surface area (Å²) in [7, 11) is -3.25. The highest BCUT2D eigenvalue weighted by Gasteiger charge is 2.27. The molecule has 13 heavy (non-hydrogen) atoms. The summed E-state index contributed by atoms with van der Waals surface area (Å²) in [6, 6.07) is 0. The summed E-state index contributed by atoms with van der Waals surface area (Å²) in [5, 5.41) is 0.662. The van der Waals surface area contributed by atoms with Crippen LogP contribution in [-0.2, 0) is 9.84 Å². The molecular weight excluding hydrogens is 274 g/mol. The van der Waals surface area contributed by atoms with Crippen LogP contribution in [0.25, 0.3) is 0 Å². The van der Waals surface area contributed by atoms with Gasteiger partial charge in [-0.15, -0.1) is 0 Å². The summed E-state index contributed by atoms with van der Waals surface area (Å²) >= 11 is 4.53. The van der Waals surface area contributed by atoms with Crippen molar-refractivity contribution < 1.29 is 8.42 Å². The van der Waals surface area contributed by atoms with Gasteiger partial charge in [0.15, 0.2) is 0 Å². The Morgan fingerprint density at radius 2 is 2.23 bits per heavy atom. The van der Waals surface area contributed by atoms with Gasteiger partial charge in [-0.3, -0.25) is 0 Å². The van der Waals surface area contributed by atoms with Crippen molar-refractivity contribution in [3.63, 3.8) is 0 Å². The summed E-state index contributed by atoms with van der Waals surface area (Å²) in [6.07, 6.45) is 1.34. The van der Waals surface area contributed by atoms with Crippen molar-refractivity contribution in [3.8, 4) is 0 Å². The first-order valence-electron chi connectivity index (χ1n) is 3.73. The molecule has 1 heterocycles. The fourth-order valence-electron chi connectivity index (χ4n) is 0.727. The standard InChI is InChI=1S/C7H10BrNO2S2/c1-5(2)12-4-7-9-3-6(8)13(7,10)11/h3,5H,4H2,1-2H3. The van der Waals surface area contributed by atoms with E-state index in [2.05, 4.69) is 20.9 Å². The Hall–Kier alpha value is 0.190. The van der Waals surface area contributed by atoms with E-state index in [1.54, 1.807) is 11.8 Å². The smallest absolute Gasteiger partial charge is 0.228 e. The van der Waals surface area contributed by atoms with Gasteiger partial charge < -0.3 is 0 Å². The van der Waals surface area contributed by atoms with Gasteiger partial charge in [-0.05, 0) is 21.2 Å². The molecule has 0 fully saturated rings. The van der Waals surface area contributed by atoms with Crippen molar-refractivity contribution >= 4 is 42.6 Å². The van der Waals surface area contributed by atoms with Crippen molar-refractivity contribution in [2.75, 3.05) is 5.75 Å². The first-order chi connectivity index (χ1) is 5.94. The SMILES string of the molecule is CC(C)SCC1=NC=C(Br)S1(=O)=O. The van der Waals surface area contributed by atoms with Crippen LogP contribution in [-0.4, -0.2) is 24.5 Å². The van der Waals surface area contributed by atoms with Gasteiger partial charge in [-0.2, -0.15) is 11.8 Å². The number of rotatable bonds is 3. The van der Waals surface area contributed by atoms with E-state index < -0.39 is 9.84 Å². The van der Waals surface area contributed by atoms with Gasteiger partial charge in [0.1, 0.15) is 8.86 Å². The van der Waals surface area contributed by atoms with Crippen LogP contribution in [0, 0.1) is 0 Å². The third-order valence-electron chi connectivity index (χ3n) is 1.42. The fourth-order valence-corrected chi connectivity index (χ4v) is 3.37. The summed E-state index contributed by atoms with van der Waals surface area (Å²) in [4.78, 5) is 3.84.